The minimum atomic E-state index is -3.46. The molecule has 6 nitrogen and oxygen atoms in total. The molecule has 1 heterocycles. The van der Waals surface area contributed by atoms with Gasteiger partial charge in [-0.05, 0) is 17.7 Å². The zero-order chi connectivity index (χ0) is 14.0. The van der Waals surface area contributed by atoms with Crippen molar-refractivity contribution in [2.45, 2.75) is 5.75 Å². The molecule has 0 saturated carbocycles. The normalized spacial score (nSPS) is 17.7. The largest absolute Gasteiger partial charge is 0.399 e. The van der Waals surface area contributed by atoms with E-state index in [0.717, 1.165) is 0 Å². The SMILES string of the molecule is CN1CCN(S(=O)(=O)Cc2ccc(N)cc2)CC1=O. The van der Waals surface area contributed by atoms with Crippen molar-refractivity contribution in [3.63, 3.8) is 0 Å². The second-order valence-corrected chi connectivity index (χ2v) is 6.62. The van der Waals surface area contributed by atoms with E-state index in [-0.39, 0.29) is 18.2 Å². The molecular formula is C12H17N3O3S. The van der Waals surface area contributed by atoms with Gasteiger partial charge in [-0.2, -0.15) is 4.31 Å². The van der Waals surface area contributed by atoms with Gasteiger partial charge in [0.15, 0.2) is 0 Å². The molecule has 2 N–H and O–H groups in total. The number of amides is 1. The van der Waals surface area contributed by atoms with Gasteiger partial charge in [0.25, 0.3) is 0 Å². The summed E-state index contributed by atoms with van der Waals surface area (Å²) in [4.78, 5) is 13.1. The number of anilines is 1. The average Bonchev–Trinajstić information content (AvgIpc) is 2.35. The van der Waals surface area contributed by atoms with Crippen molar-refractivity contribution in [2.75, 3.05) is 32.4 Å². The lowest BCUT2D eigenvalue weighted by Gasteiger charge is -2.31. The van der Waals surface area contributed by atoms with Gasteiger partial charge in [-0.15, -0.1) is 0 Å². The Kier molecular flexibility index (Phi) is 3.77. The highest BCUT2D eigenvalue weighted by atomic mass is 32.2. The summed E-state index contributed by atoms with van der Waals surface area (Å²) in [6.45, 7) is 0.702. The van der Waals surface area contributed by atoms with Crippen molar-refractivity contribution >= 4 is 21.6 Å². The number of carbonyl (C=O) groups is 1. The first-order valence-corrected chi connectivity index (χ1v) is 7.55. The van der Waals surface area contributed by atoms with Crippen LogP contribution in [0.25, 0.3) is 0 Å². The minimum absolute atomic E-state index is 0.0756. The molecule has 0 atom stereocenters. The molecule has 1 aliphatic heterocycles. The van der Waals surface area contributed by atoms with E-state index >= 15 is 0 Å². The Labute approximate surface area is 112 Å². The lowest BCUT2D eigenvalue weighted by Crippen LogP contribution is -2.50. The number of likely N-dealkylation sites (N-methyl/N-ethyl adjacent to an activating group) is 1. The van der Waals surface area contributed by atoms with Crippen molar-refractivity contribution < 1.29 is 13.2 Å². The van der Waals surface area contributed by atoms with Gasteiger partial charge in [0.2, 0.25) is 15.9 Å². The summed E-state index contributed by atoms with van der Waals surface area (Å²) in [6, 6.07) is 6.70. The molecule has 1 aromatic rings. The molecule has 0 unspecified atom stereocenters. The quantitative estimate of drug-likeness (QED) is 0.783. The van der Waals surface area contributed by atoms with Crippen LogP contribution in [0.1, 0.15) is 5.56 Å². The summed E-state index contributed by atoms with van der Waals surface area (Å²) in [5.41, 5.74) is 6.82. The summed E-state index contributed by atoms with van der Waals surface area (Å²) < 4.78 is 25.7. The summed E-state index contributed by atoms with van der Waals surface area (Å²) in [7, 11) is -1.79. The molecule has 2 rings (SSSR count). The van der Waals surface area contributed by atoms with E-state index in [9.17, 15) is 13.2 Å². The number of benzene rings is 1. The predicted octanol–water partition coefficient (Wildman–Crippen LogP) is -0.127. The number of hydrogen-bond acceptors (Lipinski definition) is 4. The molecule has 0 radical (unpaired) electrons. The maximum absolute atomic E-state index is 12.2. The van der Waals surface area contributed by atoms with Crippen LogP contribution in [0.2, 0.25) is 0 Å². The van der Waals surface area contributed by atoms with Crippen LogP contribution >= 0.6 is 0 Å². The Hall–Kier alpha value is -1.60. The van der Waals surface area contributed by atoms with Gasteiger partial charge < -0.3 is 10.6 Å². The maximum Gasteiger partial charge on any atom is 0.237 e. The van der Waals surface area contributed by atoms with Crippen LogP contribution in [-0.2, 0) is 20.6 Å². The molecule has 1 amide bonds. The van der Waals surface area contributed by atoms with E-state index in [1.54, 1.807) is 31.3 Å². The number of nitrogen functional groups attached to an aromatic ring is 1. The van der Waals surface area contributed by atoms with Crippen molar-refractivity contribution in [2.24, 2.45) is 0 Å². The lowest BCUT2D eigenvalue weighted by molar-refractivity contribution is -0.132. The number of rotatable bonds is 3. The Morgan fingerprint density at radius 3 is 2.42 bits per heavy atom. The maximum atomic E-state index is 12.2. The number of hydrogen-bond donors (Lipinski definition) is 1. The number of nitrogens with two attached hydrogens (primary N) is 1. The van der Waals surface area contributed by atoms with Gasteiger partial charge in [-0.3, -0.25) is 4.79 Å². The fourth-order valence-corrected chi connectivity index (χ4v) is 3.35. The third-order valence-electron chi connectivity index (χ3n) is 3.14. The first-order valence-electron chi connectivity index (χ1n) is 5.95. The molecule has 0 spiro atoms. The molecule has 1 aliphatic rings. The highest BCUT2D eigenvalue weighted by Gasteiger charge is 2.30. The van der Waals surface area contributed by atoms with Crippen LogP contribution in [0.15, 0.2) is 24.3 Å². The van der Waals surface area contributed by atoms with Gasteiger partial charge in [-0.1, -0.05) is 12.1 Å². The zero-order valence-electron chi connectivity index (χ0n) is 10.7. The van der Waals surface area contributed by atoms with Gasteiger partial charge in [-0.25, -0.2) is 8.42 Å². The number of carbonyl (C=O) groups excluding carboxylic acids is 1. The summed E-state index contributed by atoms with van der Waals surface area (Å²) in [5, 5.41) is 0. The summed E-state index contributed by atoms with van der Waals surface area (Å²) in [5.74, 6) is -0.281. The van der Waals surface area contributed by atoms with Gasteiger partial charge in [0, 0.05) is 25.8 Å². The zero-order valence-corrected chi connectivity index (χ0v) is 11.6. The summed E-state index contributed by atoms with van der Waals surface area (Å²) in [6.07, 6.45) is 0. The lowest BCUT2D eigenvalue weighted by atomic mass is 10.2. The molecule has 0 bridgehead atoms. The molecule has 1 aromatic carbocycles. The van der Waals surface area contributed by atoms with E-state index in [4.69, 9.17) is 5.73 Å². The number of nitrogens with zero attached hydrogens (tertiary/aromatic N) is 2. The molecule has 7 heteroatoms. The van der Waals surface area contributed by atoms with Crippen LogP contribution < -0.4 is 5.73 Å². The third-order valence-corrected chi connectivity index (χ3v) is 4.94. The van der Waals surface area contributed by atoms with Gasteiger partial charge in [0.1, 0.15) is 0 Å². The van der Waals surface area contributed by atoms with Crippen molar-refractivity contribution in [3.05, 3.63) is 29.8 Å². The number of sulfonamides is 1. The van der Waals surface area contributed by atoms with Crippen LogP contribution in [0.3, 0.4) is 0 Å². The monoisotopic (exact) mass is 283 g/mol. The molecule has 1 fully saturated rings. The Bertz CT molecular complexity index is 568. The van der Waals surface area contributed by atoms with E-state index in [1.165, 1.54) is 9.21 Å². The Morgan fingerprint density at radius 1 is 1.21 bits per heavy atom. The first-order chi connectivity index (χ1) is 8.88. The second kappa shape index (κ2) is 5.18. The third kappa shape index (κ3) is 3.24. The van der Waals surface area contributed by atoms with E-state index in [1.807, 2.05) is 0 Å². The highest BCUT2D eigenvalue weighted by Crippen LogP contribution is 2.14. The molecular weight excluding hydrogens is 266 g/mol. The smallest absolute Gasteiger partial charge is 0.237 e. The molecule has 1 saturated heterocycles. The van der Waals surface area contributed by atoms with Crippen LogP contribution in [-0.4, -0.2) is 50.2 Å². The average molecular weight is 283 g/mol. The standard InChI is InChI=1S/C12H17N3O3S/c1-14-6-7-15(8-12(14)16)19(17,18)9-10-2-4-11(13)5-3-10/h2-5H,6-9,13H2,1H3. The molecule has 0 aromatic heterocycles. The van der Waals surface area contributed by atoms with E-state index < -0.39 is 10.0 Å². The van der Waals surface area contributed by atoms with Crippen LogP contribution in [0.4, 0.5) is 5.69 Å². The van der Waals surface area contributed by atoms with Crippen LogP contribution in [0.5, 0.6) is 0 Å². The van der Waals surface area contributed by atoms with E-state index in [0.29, 0.717) is 24.3 Å². The van der Waals surface area contributed by atoms with Gasteiger partial charge >= 0.3 is 0 Å². The molecule has 0 aliphatic carbocycles. The highest BCUT2D eigenvalue weighted by molar-refractivity contribution is 7.88. The Balaban J connectivity index is 2.10. The van der Waals surface area contributed by atoms with Crippen molar-refractivity contribution in [1.82, 2.24) is 9.21 Å². The predicted molar refractivity (Wildman–Crippen MR) is 72.7 cm³/mol. The second-order valence-electron chi connectivity index (χ2n) is 4.65. The van der Waals surface area contributed by atoms with Crippen LogP contribution in [0, 0.1) is 0 Å². The van der Waals surface area contributed by atoms with Gasteiger partial charge in [0.05, 0.1) is 12.3 Å². The summed E-state index contributed by atoms with van der Waals surface area (Å²) >= 11 is 0. The fraction of sp³-hybridized carbons (Fsp3) is 0.417. The number of piperazine rings is 1. The first kappa shape index (κ1) is 13.8. The minimum Gasteiger partial charge on any atom is -0.399 e. The topological polar surface area (TPSA) is 83.7 Å². The Morgan fingerprint density at radius 2 is 1.84 bits per heavy atom. The van der Waals surface area contributed by atoms with E-state index in [2.05, 4.69) is 0 Å². The fourth-order valence-electron chi connectivity index (χ4n) is 1.89. The van der Waals surface area contributed by atoms with Crippen molar-refractivity contribution in [3.8, 4) is 0 Å². The molecule has 19 heavy (non-hydrogen) atoms. The molecule has 104 valence electrons. The van der Waals surface area contributed by atoms with Crippen molar-refractivity contribution in [1.29, 1.82) is 0 Å².